The summed E-state index contributed by atoms with van der Waals surface area (Å²) in [4.78, 5) is 0. The summed E-state index contributed by atoms with van der Waals surface area (Å²) in [5.41, 5.74) is 0. The molecule has 0 aromatic carbocycles. The second kappa shape index (κ2) is 44.0. The molecule has 0 rings (SSSR count). The fraction of sp³-hybridized carbons (Fsp3) is 1.00. The van der Waals surface area contributed by atoms with E-state index in [0.29, 0.717) is 0 Å². The van der Waals surface area contributed by atoms with Crippen LogP contribution in [0.15, 0.2) is 0 Å². The minimum atomic E-state index is 1.25. The molecule has 0 saturated carbocycles. The average Bonchev–Trinajstić information content (AvgIpc) is 1.70. The van der Waals surface area contributed by atoms with Crippen LogP contribution >= 0.6 is 0 Å². The fourth-order valence-corrected chi connectivity index (χ4v) is 0. The summed E-state index contributed by atoms with van der Waals surface area (Å²) in [5.74, 6) is 0. The Morgan fingerprint density at radius 2 is 0.778 bits per heavy atom. The van der Waals surface area contributed by atoms with Crippen LogP contribution in [0.1, 0.15) is 40.5 Å². The molecule has 0 bridgehead atoms. The minimum Gasteiger partial charge on any atom is -0.323 e. The topological polar surface area (TPSA) is 12.0 Å². The van der Waals surface area contributed by atoms with Crippen molar-refractivity contribution in [3.63, 3.8) is 0 Å². The van der Waals surface area contributed by atoms with E-state index in [1.807, 2.05) is 14.1 Å². The van der Waals surface area contributed by atoms with E-state index in [9.17, 15) is 0 Å². The third kappa shape index (κ3) is 177000. The zero-order chi connectivity index (χ0) is 8.12. The lowest BCUT2D eigenvalue weighted by atomic mass is 10.6. The Morgan fingerprint density at radius 1 is 0.778 bits per heavy atom. The Kier molecular flexibility index (Phi) is 78.2. The first-order valence-electron chi connectivity index (χ1n) is 3.83. The van der Waals surface area contributed by atoms with E-state index in [0.717, 1.165) is 0 Å². The summed E-state index contributed by atoms with van der Waals surface area (Å²) in [7, 11) is 3.75. The van der Waals surface area contributed by atoms with Crippen LogP contribution in [-0.4, -0.2) is 14.1 Å². The van der Waals surface area contributed by atoms with E-state index in [1.165, 1.54) is 12.8 Å². The van der Waals surface area contributed by atoms with Crippen molar-refractivity contribution in [1.82, 2.24) is 5.32 Å². The van der Waals surface area contributed by atoms with Crippen LogP contribution < -0.4 is 5.32 Å². The van der Waals surface area contributed by atoms with Gasteiger partial charge in [0.15, 0.2) is 0 Å². The molecule has 1 N–H and O–H groups in total. The molecule has 0 heterocycles. The monoisotopic (exact) mass is 133 g/mol. The molecule has 9 heavy (non-hydrogen) atoms. The maximum absolute atomic E-state index is 2.75. The largest absolute Gasteiger partial charge is 0.323 e. The highest BCUT2D eigenvalue weighted by Gasteiger charge is 1.36. The summed E-state index contributed by atoms with van der Waals surface area (Å²) in [6.45, 7) is 8.50. The lowest BCUT2D eigenvalue weighted by molar-refractivity contribution is 1.02. The van der Waals surface area contributed by atoms with E-state index >= 15 is 0 Å². The molecule has 0 aromatic heterocycles. The predicted octanol–water partition coefficient (Wildman–Crippen LogP) is 2.67. The molecular weight excluding hydrogens is 110 g/mol. The van der Waals surface area contributed by atoms with Gasteiger partial charge in [-0.25, -0.2) is 0 Å². The Morgan fingerprint density at radius 3 is 0.778 bits per heavy atom. The first kappa shape index (κ1) is 16.0. The second-order valence-corrected chi connectivity index (χ2v) is 1.91. The molecule has 0 atom stereocenters. The van der Waals surface area contributed by atoms with Crippen LogP contribution in [0.4, 0.5) is 0 Å². The van der Waals surface area contributed by atoms with Crippen molar-refractivity contribution in [1.29, 1.82) is 0 Å². The summed E-state index contributed by atoms with van der Waals surface area (Å²) in [6.07, 6.45) is 2.50. The lowest BCUT2D eigenvalue weighted by Crippen LogP contribution is -1.89. The van der Waals surface area contributed by atoms with Crippen LogP contribution in [0, 0.1) is 0 Å². The first-order valence-corrected chi connectivity index (χ1v) is 3.83. The lowest BCUT2D eigenvalue weighted by Gasteiger charge is -1.59. The quantitative estimate of drug-likeness (QED) is 0.535. The molecule has 0 fully saturated rings. The van der Waals surface area contributed by atoms with Gasteiger partial charge in [-0.05, 0) is 14.1 Å². The maximum Gasteiger partial charge on any atom is -0.0167 e. The van der Waals surface area contributed by atoms with Gasteiger partial charge in [0.2, 0.25) is 0 Å². The van der Waals surface area contributed by atoms with E-state index in [-0.39, 0.29) is 0 Å². The van der Waals surface area contributed by atoms with Crippen LogP contribution in [-0.2, 0) is 0 Å². The number of hydrogen-bond donors (Lipinski definition) is 1. The molecule has 0 radical (unpaired) electrons. The van der Waals surface area contributed by atoms with Gasteiger partial charge in [0.05, 0.1) is 0 Å². The summed E-state index contributed by atoms with van der Waals surface area (Å²) >= 11 is 0. The molecule has 0 aromatic rings. The molecule has 0 spiro atoms. The van der Waals surface area contributed by atoms with E-state index in [1.54, 1.807) is 0 Å². The molecule has 0 aliphatic carbocycles. The minimum absolute atomic E-state index is 1.25. The summed E-state index contributed by atoms with van der Waals surface area (Å²) < 4.78 is 0. The summed E-state index contributed by atoms with van der Waals surface area (Å²) in [6, 6.07) is 0. The molecule has 60 valence electrons. The highest BCUT2D eigenvalue weighted by molar-refractivity contribution is 3.92. The normalized spacial score (nSPS) is 6.00. The van der Waals surface area contributed by atoms with Gasteiger partial charge in [0, 0.05) is 0 Å². The number of hydrogen-bond acceptors (Lipinski definition) is 1. The molecule has 0 amide bonds. The van der Waals surface area contributed by atoms with E-state index < -0.39 is 0 Å². The molecular formula is C8H23N. The van der Waals surface area contributed by atoms with Crippen LogP contribution in [0.5, 0.6) is 0 Å². The molecule has 0 aliphatic heterocycles. The molecule has 0 unspecified atom stereocenters. The van der Waals surface area contributed by atoms with Crippen molar-refractivity contribution in [2.45, 2.75) is 40.5 Å². The van der Waals surface area contributed by atoms with Gasteiger partial charge >= 0.3 is 0 Å². The van der Waals surface area contributed by atoms with Gasteiger partial charge < -0.3 is 5.32 Å². The Hall–Kier alpha value is -0.0400. The zero-order valence-corrected chi connectivity index (χ0v) is 7.91. The van der Waals surface area contributed by atoms with E-state index in [2.05, 4.69) is 33.0 Å². The number of rotatable bonds is 0. The van der Waals surface area contributed by atoms with Crippen LogP contribution in [0.25, 0.3) is 0 Å². The Labute approximate surface area is 60.9 Å². The van der Waals surface area contributed by atoms with Crippen molar-refractivity contribution >= 4 is 0 Å². The standard InChI is InChI=1S/2C3H8.C2H7N/c3*1-3-2/h2*3H2,1-2H3;3H,1-2H3. The van der Waals surface area contributed by atoms with Gasteiger partial charge in [-0.15, -0.1) is 0 Å². The zero-order valence-electron chi connectivity index (χ0n) is 7.91. The average molecular weight is 133 g/mol. The second-order valence-electron chi connectivity index (χ2n) is 1.91. The smallest absolute Gasteiger partial charge is 0.0167 e. The van der Waals surface area contributed by atoms with Crippen molar-refractivity contribution in [2.75, 3.05) is 14.1 Å². The highest BCUT2D eigenvalue weighted by Crippen LogP contribution is 1.56. The molecule has 0 aliphatic rings. The predicted molar refractivity (Wildman–Crippen MR) is 46.9 cm³/mol. The van der Waals surface area contributed by atoms with Gasteiger partial charge in [-0.1, -0.05) is 40.5 Å². The van der Waals surface area contributed by atoms with Crippen molar-refractivity contribution < 1.29 is 0 Å². The Balaban J connectivity index is -0.0000000600. The highest BCUT2D eigenvalue weighted by atomic mass is 14.7. The van der Waals surface area contributed by atoms with E-state index in [4.69, 9.17) is 0 Å². The van der Waals surface area contributed by atoms with Gasteiger partial charge in [-0.2, -0.15) is 0 Å². The fourth-order valence-electron chi connectivity index (χ4n) is 0. The Bertz CT molecular complexity index is 9.28. The van der Waals surface area contributed by atoms with Crippen molar-refractivity contribution in [2.24, 2.45) is 0 Å². The van der Waals surface area contributed by atoms with Crippen LogP contribution in [0.3, 0.4) is 0 Å². The molecule has 1 heteroatoms. The first-order chi connectivity index (χ1) is 4.24. The maximum atomic E-state index is 2.75. The molecule has 0 saturated heterocycles. The van der Waals surface area contributed by atoms with Crippen molar-refractivity contribution in [3.05, 3.63) is 0 Å². The van der Waals surface area contributed by atoms with Gasteiger partial charge in [-0.3, -0.25) is 0 Å². The summed E-state index contributed by atoms with van der Waals surface area (Å²) in [5, 5.41) is 2.75. The van der Waals surface area contributed by atoms with Gasteiger partial charge in [0.1, 0.15) is 0 Å². The number of nitrogens with one attached hydrogen (secondary N) is 1. The van der Waals surface area contributed by atoms with Gasteiger partial charge in [0.25, 0.3) is 0 Å². The SMILES string of the molecule is CCC.CCC.CNC. The third-order valence-electron chi connectivity index (χ3n) is 0. The molecule has 1 nitrogen and oxygen atoms in total. The van der Waals surface area contributed by atoms with Crippen LogP contribution in [0.2, 0.25) is 0 Å². The van der Waals surface area contributed by atoms with Crippen molar-refractivity contribution in [3.8, 4) is 0 Å². The third-order valence-corrected chi connectivity index (χ3v) is 0.